The van der Waals surface area contributed by atoms with Gasteiger partial charge in [0.05, 0.1) is 13.2 Å². The van der Waals surface area contributed by atoms with E-state index in [4.69, 9.17) is 4.84 Å². The van der Waals surface area contributed by atoms with Gasteiger partial charge in [0.2, 0.25) is 0 Å². The van der Waals surface area contributed by atoms with Crippen molar-refractivity contribution in [2.75, 3.05) is 19.4 Å². The maximum Gasteiger partial charge on any atom is 0.277 e. The fourth-order valence-electron chi connectivity index (χ4n) is 1.49. The first kappa shape index (κ1) is 10.5. The summed E-state index contributed by atoms with van der Waals surface area (Å²) in [6.45, 7) is 1.34. The number of amides is 1. The number of rotatable bonds is 2. The summed E-state index contributed by atoms with van der Waals surface area (Å²) in [5.41, 5.74) is 0.690. The molecule has 1 fully saturated rings. The van der Waals surface area contributed by atoms with Crippen molar-refractivity contribution in [1.82, 2.24) is 5.06 Å². The number of carbonyl (C=O) groups is 1. The normalized spacial score (nSPS) is 15.7. The molecular weight excluding hydrogens is 210 g/mol. The SMILES string of the molecule is CSc1ccc(C(=O)N2CCCO2)cc1. The molecule has 0 unspecified atom stereocenters. The number of hydroxylamine groups is 2. The Hall–Kier alpha value is -1.00. The number of thioether (sulfide) groups is 1. The molecule has 1 heterocycles. The van der Waals surface area contributed by atoms with Crippen LogP contribution in [-0.2, 0) is 4.84 Å². The summed E-state index contributed by atoms with van der Waals surface area (Å²) in [5, 5.41) is 1.44. The molecule has 15 heavy (non-hydrogen) atoms. The largest absolute Gasteiger partial charge is 0.277 e. The fourth-order valence-corrected chi connectivity index (χ4v) is 1.89. The van der Waals surface area contributed by atoms with Gasteiger partial charge >= 0.3 is 0 Å². The van der Waals surface area contributed by atoms with Gasteiger partial charge in [0, 0.05) is 10.5 Å². The molecule has 0 aliphatic carbocycles. The first-order valence-corrected chi connectivity index (χ1v) is 6.12. The summed E-state index contributed by atoms with van der Waals surface area (Å²) in [6, 6.07) is 7.59. The third-order valence-electron chi connectivity index (χ3n) is 2.32. The standard InChI is InChI=1S/C11H13NO2S/c1-15-10-5-3-9(4-6-10)11(13)12-7-2-8-14-12/h3-6H,2,7-8H2,1H3. The molecule has 0 radical (unpaired) electrons. The molecule has 1 aliphatic rings. The lowest BCUT2D eigenvalue weighted by molar-refractivity contribution is -0.0768. The van der Waals surface area contributed by atoms with Crippen LogP contribution in [-0.4, -0.2) is 30.4 Å². The van der Waals surface area contributed by atoms with Gasteiger partial charge in [-0.1, -0.05) is 0 Å². The van der Waals surface area contributed by atoms with Crippen molar-refractivity contribution in [1.29, 1.82) is 0 Å². The van der Waals surface area contributed by atoms with E-state index < -0.39 is 0 Å². The van der Waals surface area contributed by atoms with Crippen LogP contribution in [0.3, 0.4) is 0 Å². The third-order valence-corrected chi connectivity index (χ3v) is 3.06. The minimum absolute atomic E-state index is 0.0415. The Labute approximate surface area is 93.4 Å². The predicted octanol–water partition coefficient (Wildman–Crippen LogP) is 2.19. The van der Waals surface area contributed by atoms with Gasteiger partial charge in [0.25, 0.3) is 5.91 Å². The van der Waals surface area contributed by atoms with Crippen LogP contribution < -0.4 is 0 Å². The first-order chi connectivity index (χ1) is 7.31. The molecule has 1 saturated heterocycles. The van der Waals surface area contributed by atoms with E-state index in [-0.39, 0.29) is 5.91 Å². The smallest absolute Gasteiger partial charge is 0.271 e. The summed E-state index contributed by atoms with van der Waals surface area (Å²) < 4.78 is 0. The second-order valence-electron chi connectivity index (χ2n) is 3.32. The molecule has 0 atom stereocenters. The van der Waals surface area contributed by atoms with E-state index in [9.17, 15) is 4.79 Å². The lowest BCUT2D eigenvalue weighted by Gasteiger charge is -2.13. The molecule has 0 aromatic heterocycles. The minimum atomic E-state index is -0.0415. The Balaban J connectivity index is 2.11. The molecule has 1 amide bonds. The number of benzene rings is 1. The van der Waals surface area contributed by atoms with Crippen molar-refractivity contribution in [3.05, 3.63) is 29.8 Å². The average Bonchev–Trinajstić information content (AvgIpc) is 2.82. The molecule has 4 heteroatoms. The lowest BCUT2D eigenvalue weighted by Crippen LogP contribution is -2.26. The molecule has 0 N–H and O–H groups in total. The second kappa shape index (κ2) is 4.68. The highest BCUT2D eigenvalue weighted by Gasteiger charge is 2.20. The van der Waals surface area contributed by atoms with Gasteiger partial charge < -0.3 is 0 Å². The third kappa shape index (κ3) is 2.33. The van der Waals surface area contributed by atoms with Gasteiger partial charge in [0.1, 0.15) is 0 Å². The van der Waals surface area contributed by atoms with Crippen molar-refractivity contribution in [2.45, 2.75) is 11.3 Å². The number of carbonyl (C=O) groups excluding carboxylic acids is 1. The van der Waals surface area contributed by atoms with Crippen molar-refractivity contribution >= 4 is 17.7 Å². The Bertz CT molecular complexity index is 344. The van der Waals surface area contributed by atoms with E-state index in [1.54, 1.807) is 11.8 Å². The quantitative estimate of drug-likeness (QED) is 0.720. The molecule has 1 aromatic rings. The zero-order chi connectivity index (χ0) is 10.7. The molecule has 3 nitrogen and oxygen atoms in total. The van der Waals surface area contributed by atoms with Gasteiger partial charge in [-0.15, -0.1) is 11.8 Å². The summed E-state index contributed by atoms with van der Waals surface area (Å²) >= 11 is 1.67. The van der Waals surface area contributed by atoms with E-state index in [1.807, 2.05) is 30.5 Å². The molecule has 2 rings (SSSR count). The second-order valence-corrected chi connectivity index (χ2v) is 4.20. The van der Waals surface area contributed by atoms with E-state index in [2.05, 4.69) is 0 Å². The van der Waals surface area contributed by atoms with Gasteiger partial charge in [-0.05, 0) is 36.9 Å². The molecule has 80 valence electrons. The van der Waals surface area contributed by atoms with Crippen molar-refractivity contribution in [3.63, 3.8) is 0 Å². The Morgan fingerprint density at radius 3 is 2.67 bits per heavy atom. The molecule has 0 bridgehead atoms. The van der Waals surface area contributed by atoms with Gasteiger partial charge in [-0.2, -0.15) is 0 Å². The summed E-state index contributed by atoms with van der Waals surface area (Å²) in [6.07, 6.45) is 2.94. The van der Waals surface area contributed by atoms with Crippen LogP contribution in [0.2, 0.25) is 0 Å². The fraction of sp³-hybridized carbons (Fsp3) is 0.364. The van der Waals surface area contributed by atoms with Crippen LogP contribution in [0.4, 0.5) is 0 Å². The Morgan fingerprint density at radius 2 is 2.13 bits per heavy atom. The topological polar surface area (TPSA) is 29.5 Å². The highest BCUT2D eigenvalue weighted by atomic mass is 32.2. The van der Waals surface area contributed by atoms with E-state index in [0.29, 0.717) is 18.7 Å². The van der Waals surface area contributed by atoms with Gasteiger partial charge in [0.15, 0.2) is 0 Å². The monoisotopic (exact) mass is 223 g/mol. The van der Waals surface area contributed by atoms with Crippen molar-refractivity contribution < 1.29 is 9.63 Å². The molecule has 0 saturated carbocycles. The van der Waals surface area contributed by atoms with Crippen LogP contribution in [0.25, 0.3) is 0 Å². The summed E-state index contributed by atoms with van der Waals surface area (Å²) in [7, 11) is 0. The Kier molecular flexibility index (Phi) is 3.28. The van der Waals surface area contributed by atoms with Crippen LogP contribution in [0.15, 0.2) is 29.2 Å². The van der Waals surface area contributed by atoms with Crippen molar-refractivity contribution in [2.24, 2.45) is 0 Å². The maximum absolute atomic E-state index is 11.8. The minimum Gasteiger partial charge on any atom is -0.271 e. The van der Waals surface area contributed by atoms with Gasteiger partial charge in [-0.25, -0.2) is 5.06 Å². The number of nitrogens with zero attached hydrogens (tertiary/aromatic N) is 1. The molecule has 1 aromatic carbocycles. The Morgan fingerprint density at radius 1 is 1.40 bits per heavy atom. The zero-order valence-corrected chi connectivity index (χ0v) is 9.42. The number of hydrogen-bond donors (Lipinski definition) is 0. The van der Waals surface area contributed by atoms with Crippen LogP contribution in [0.1, 0.15) is 16.8 Å². The highest BCUT2D eigenvalue weighted by molar-refractivity contribution is 7.98. The predicted molar refractivity (Wildman–Crippen MR) is 59.8 cm³/mol. The maximum atomic E-state index is 11.8. The van der Waals surface area contributed by atoms with Crippen molar-refractivity contribution in [3.8, 4) is 0 Å². The van der Waals surface area contributed by atoms with E-state index in [0.717, 1.165) is 11.3 Å². The molecule has 0 spiro atoms. The molecule has 1 aliphatic heterocycles. The average molecular weight is 223 g/mol. The van der Waals surface area contributed by atoms with E-state index in [1.165, 1.54) is 5.06 Å². The van der Waals surface area contributed by atoms with Crippen LogP contribution >= 0.6 is 11.8 Å². The lowest BCUT2D eigenvalue weighted by atomic mass is 10.2. The van der Waals surface area contributed by atoms with Gasteiger partial charge in [-0.3, -0.25) is 9.63 Å². The van der Waals surface area contributed by atoms with E-state index >= 15 is 0 Å². The highest BCUT2D eigenvalue weighted by Crippen LogP contribution is 2.17. The van der Waals surface area contributed by atoms with Crippen LogP contribution in [0.5, 0.6) is 0 Å². The first-order valence-electron chi connectivity index (χ1n) is 4.90. The number of hydrogen-bond acceptors (Lipinski definition) is 3. The summed E-state index contributed by atoms with van der Waals surface area (Å²) in [4.78, 5) is 18.2. The molecular formula is C11H13NO2S. The van der Waals surface area contributed by atoms with Crippen LogP contribution in [0, 0.1) is 0 Å². The zero-order valence-electron chi connectivity index (χ0n) is 8.60. The summed E-state index contributed by atoms with van der Waals surface area (Å²) in [5.74, 6) is -0.0415.